The second-order valence-electron chi connectivity index (χ2n) is 14.1. The van der Waals surface area contributed by atoms with E-state index in [-0.39, 0.29) is 46.8 Å². The van der Waals surface area contributed by atoms with E-state index in [2.05, 4.69) is 20.8 Å². The number of aliphatic hydroxyl groups excluding tert-OH is 2. The Morgan fingerprint density at radius 3 is 2.41 bits per heavy atom. The molecule has 0 saturated heterocycles. The summed E-state index contributed by atoms with van der Waals surface area (Å²) in [5, 5.41) is 22.2. The van der Waals surface area contributed by atoms with Crippen molar-refractivity contribution in [3.05, 3.63) is 30.1 Å². The number of aliphatic hydroxyl groups is 2. The number of carbonyl (C=O) groups excluding carboxylic acids is 1. The molecule has 0 heterocycles. The van der Waals surface area contributed by atoms with Gasteiger partial charge in [-0.1, -0.05) is 46.2 Å². The van der Waals surface area contributed by atoms with Crippen LogP contribution in [0.2, 0.25) is 0 Å². The summed E-state index contributed by atoms with van der Waals surface area (Å²) in [5.74, 6) is -0.946. The molecule has 41 heavy (non-hydrogen) atoms. The highest BCUT2D eigenvalue weighted by Gasteiger charge is 2.66. The SMILES string of the molecule is CC[C@@H]1C2[C@@H](F)[C@H](O)CC[C@]2(C)C2CC[C@@]3(C)C(CCC3[C@H](C)CCC(=O)NS(=O)(=O)c3ccccc3F)C2[C@@H]1O. The van der Waals surface area contributed by atoms with Gasteiger partial charge in [-0.05, 0) is 103 Å². The number of amides is 1. The minimum absolute atomic E-state index is 0.0257. The average molecular weight is 596 g/mol. The van der Waals surface area contributed by atoms with E-state index in [1.54, 1.807) is 0 Å². The number of halogens is 2. The van der Waals surface area contributed by atoms with Crippen molar-refractivity contribution in [1.29, 1.82) is 0 Å². The third-order valence-corrected chi connectivity index (χ3v) is 13.8. The van der Waals surface area contributed by atoms with Gasteiger partial charge in [0.15, 0.2) is 0 Å². The molecule has 12 atom stereocenters. The summed E-state index contributed by atoms with van der Waals surface area (Å²) in [5.41, 5.74) is -0.266. The van der Waals surface area contributed by atoms with Gasteiger partial charge in [-0.3, -0.25) is 4.79 Å². The van der Waals surface area contributed by atoms with Crippen LogP contribution in [0, 0.1) is 58.1 Å². The van der Waals surface area contributed by atoms with E-state index < -0.39 is 45.0 Å². The van der Waals surface area contributed by atoms with Crippen molar-refractivity contribution in [2.24, 2.45) is 52.3 Å². The van der Waals surface area contributed by atoms with Crippen LogP contribution in [0.5, 0.6) is 0 Å². The summed E-state index contributed by atoms with van der Waals surface area (Å²) in [4.78, 5) is 12.1. The van der Waals surface area contributed by atoms with Gasteiger partial charge in [-0.25, -0.2) is 21.9 Å². The van der Waals surface area contributed by atoms with E-state index >= 15 is 4.39 Å². The fourth-order valence-corrected chi connectivity index (χ4v) is 11.5. The molecule has 4 saturated carbocycles. The van der Waals surface area contributed by atoms with Gasteiger partial charge in [0.05, 0.1) is 12.2 Å². The summed E-state index contributed by atoms with van der Waals surface area (Å²) in [6, 6.07) is 4.99. The van der Waals surface area contributed by atoms with Gasteiger partial charge in [0.2, 0.25) is 5.91 Å². The van der Waals surface area contributed by atoms with Crippen molar-refractivity contribution < 1.29 is 32.2 Å². The van der Waals surface area contributed by atoms with Crippen molar-refractivity contribution in [3.8, 4) is 0 Å². The van der Waals surface area contributed by atoms with E-state index in [9.17, 15) is 27.8 Å². The first-order valence-electron chi connectivity index (χ1n) is 15.6. The monoisotopic (exact) mass is 595 g/mol. The molecule has 0 aromatic heterocycles. The van der Waals surface area contributed by atoms with Crippen LogP contribution in [0.1, 0.15) is 85.5 Å². The second-order valence-corrected chi connectivity index (χ2v) is 15.8. The molecule has 0 bridgehead atoms. The van der Waals surface area contributed by atoms with E-state index in [0.29, 0.717) is 31.1 Å². The molecule has 230 valence electrons. The number of hydrogen-bond donors (Lipinski definition) is 3. The fraction of sp³-hybridized carbons (Fsp3) is 0.781. The van der Waals surface area contributed by atoms with Gasteiger partial charge in [0, 0.05) is 12.3 Å². The summed E-state index contributed by atoms with van der Waals surface area (Å²) >= 11 is 0. The first-order chi connectivity index (χ1) is 19.3. The minimum Gasteiger partial charge on any atom is -0.393 e. The Hall–Kier alpha value is -1.58. The molecule has 0 spiro atoms. The molecule has 6 nitrogen and oxygen atoms in total. The highest BCUT2D eigenvalue weighted by Crippen LogP contribution is 2.69. The van der Waals surface area contributed by atoms with E-state index in [1.165, 1.54) is 12.1 Å². The van der Waals surface area contributed by atoms with Crippen LogP contribution in [0.3, 0.4) is 0 Å². The Balaban J connectivity index is 1.28. The van der Waals surface area contributed by atoms with E-state index in [4.69, 9.17) is 0 Å². The fourth-order valence-electron chi connectivity index (χ4n) is 10.4. The van der Waals surface area contributed by atoms with Crippen molar-refractivity contribution in [2.75, 3.05) is 0 Å². The number of alkyl halides is 1. The van der Waals surface area contributed by atoms with Gasteiger partial charge in [-0.2, -0.15) is 0 Å². The maximum absolute atomic E-state index is 15.6. The maximum Gasteiger partial charge on any atom is 0.266 e. The molecule has 1 amide bonds. The van der Waals surface area contributed by atoms with Gasteiger partial charge >= 0.3 is 0 Å². The predicted octanol–water partition coefficient (Wildman–Crippen LogP) is 5.62. The number of fused-ring (bicyclic) bond motifs is 5. The molecule has 0 radical (unpaired) electrons. The van der Waals surface area contributed by atoms with Crippen LogP contribution in [-0.4, -0.2) is 42.9 Å². The average Bonchev–Trinajstić information content (AvgIpc) is 3.27. The zero-order valence-corrected chi connectivity index (χ0v) is 25.5. The number of benzene rings is 1. The highest BCUT2D eigenvalue weighted by atomic mass is 32.2. The molecular formula is C32H47F2NO5S. The van der Waals surface area contributed by atoms with Crippen molar-refractivity contribution in [2.45, 2.75) is 109 Å². The third kappa shape index (κ3) is 5.05. The largest absolute Gasteiger partial charge is 0.393 e. The lowest BCUT2D eigenvalue weighted by Crippen LogP contribution is -2.65. The predicted molar refractivity (Wildman–Crippen MR) is 152 cm³/mol. The first kappa shape index (κ1) is 30.9. The van der Waals surface area contributed by atoms with Crippen molar-refractivity contribution in [1.82, 2.24) is 4.72 Å². The number of rotatable bonds is 7. The van der Waals surface area contributed by atoms with Gasteiger partial charge in [0.1, 0.15) is 16.9 Å². The molecule has 3 N–H and O–H groups in total. The lowest BCUT2D eigenvalue weighted by atomic mass is 9.41. The van der Waals surface area contributed by atoms with Crippen LogP contribution >= 0.6 is 0 Å². The van der Waals surface area contributed by atoms with Crippen LogP contribution in [0.25, 0.3) is 0 Å². The van der Waals surface area contributed by atoms with Crippen LogP contribution in [0.4, 0.5) is 8.78 Å². The van der Waals surface area contributed by atoms with E-state index in [1.807, 2.05) is 11.6 Å². The van der Waals surface area contributed by atoms with E-state index in [0.717, 1.165) is 44.2 Å². The van der Waals surface area contributed by atoms with Gasteiger partial charge < -0.3 is 10.2 Å². The summed E-state index contributed by atoms with van der Waals surface area (Å²) in [6.07, 6.45) is 3.51. The number of carbonyl (C=O) groups is 1. The van der Waals surface area contributed by atoms with Crippen LogP contribution in [-0.2, 0) is 14.8 Å². The smallest absolute Gasteiger partial charge is 0.266 e. The van der Waals surface area contributed by atoms with Crippen LogP contribution in [0.15, 0.2) is 29.2 Å². The molecular weight excluding hydrogens is 548 g/mol. The van der Waals surface area contributed by atoms with Crippen molar-refractivity contribution in [3.63, 3.8) is 0 Å². The molecule has 4 aliphatic carbocycles. The molecule has 1 aromatic carbocycles. The molecule has 1 aromatic rings. The normalized spacial score (nSPS) is 43.0. The topological polar surface area (TPSA) is 104 Å². The molecule has 5 rings (SSSR count). The molecule has 4 aliphatic rings. The number of nitrogens with one attached hydrogen (secondary N) is 1. The Kier molecular flexibility index (Phi) is 8.40. The lowest BCUT2D eigenvalue weighted by molar-refractivity contribution is -0.222. The molecule has 9 heteroatoms. The minimum atomic E-state index is -4.28. The lowest BCUT2D eigenvalue weighted by Gasteiger charge is -2.65. The zero-order chi connectivity index (χ0) is 29.9. The Morgan fingerprint density at radius 2 is 1.73 bits per heavy atom. The standard InChI is InChI=1S/C32H47F2NO5S/c1-5-19-28-29(34)24(36)15-17-32(28,4)22-14-16-31(3)20(11-12-21(31)27(22)30(19)38)18(2)10-13-26(37)35-41(39,40)25-9-7-6-8-23(25)33/h6-9,18-22,24,27-30,36,38H,5,10-17H2,1-4H3,(H,35,37)/t18-,19-,20?,21?,22?,24-,27?,28?,29+,30-,31-,32-/m1/s1. The molecule has 0 aliphatic heterocycles. The quantitative estimate of drug-likeness (QED) is 0.380. The summed E-state index contributed by atoms with van der Waals surface area (Å²) < 4.78 is 56.7. The number of sulfonamides is 1. The van der Waals surface area contributed by atoms with Crippen LogP contribution < -0.4 is 4.72 Å². The first-order valence-corrected chi connectivity index (χ1v) is 17.0. The Labute approximate surface area is 243 Å². The van der Waals surface area contributed by atoms with Crippen molar-refractivity contribution >= 4 is 15.9 Å². The highest BCUT2D eigenvalue weighted by molar-refractivity contribution is 7.90. The number of hydrogen-bond acceptors (Lipinski definition) is 5. The van der Waals surface area contributed by atoms with Gasteiger partial charge in [0.25, 0.3) is 10.0 Å². The molecule has 5 unspecified atom stereocenters. The third-order valence-electron chi connectivity index (χ3n) is 12.4. The summed E-state index contributed by atoms with van der Waals surface area (Å²) in [6.45, 7) is 8.70. The second kappa shape index (κ2) is 11.2. The summed E-state index contributed by atoms with van der Waals surface area (Å²) in [7, 11) is -4.28. The van der Waals surface area contributed by atoms with Gasteiger partial charge in [-0.15, -0.1) is 0 Å². The Bertz CT molecular complexity index is 1240. The molecule has 4 fully saturated rings. The maximum atomic E-state index is 15.6. The Morgan fingerprint density at radius 1 is 1.07 bits per heavy atom. The zero-order valence-electron chi connectivity index (χ0n) is 24.7.